The summed E-state index contributed by atoms with van der Waals surface area (Å²) in [5.74, 6) is -10.9. The van der Waals surface area contributed by atoms with Gasteiger partial charge < -0.3 is 15.9 Å². The van der Waals surface area contributed by atoms with Crippen LogP contribution >= 0.6 is 0 Å². The number of aromatic hydroxyl groups is 1. The zero-order valence-corrected chi connectivity index (χ0v) is 22.6. The van der Waals surface area contributed by atoms with E-state index in [4.69, 9.17) is 5.73 Å². The first kappa shape index (κ1) is 27.2. The van der Waals surface area contributed by atoms with E-state index in [1.54, 1.807) is 0 Å². The highest BCUT2D eigenvalue weighted by Crippen LogP contribution is 2.51. The molecular weight excluding hydrogens is 521 g/mol. The first-order valence-electron chi connectivity index (χ1n) is 14.0. The minimum absolute atomic E-state index is 0.0174. The van der Waals surface area contributed by atoms with E-state index in [2.05, 4.69) is 4.90 Å². The fourth-order valence-corrected chi connectivity index (χ4v) is 8.52. The second-order valence-corrected chi connectivity index (χ2v) is 12.7. The number of benzene rings is 1. The van der Waals surface area contributed by atoms with Crippen LogP contribution in [0.5, 0.6) is 5.75 Å². The van der Waals surface area contributed by atoms with Gasteiger partial charge in [0.2, 0.25) is 5.91 Å². The molecular formula is C29H34FN3O7. The molecule has 0 aromatic heterocycles. The summed E-state index contributed by atoms with van der Waals surface area (Å²) in [6.45, 7) is 2.02. The van der Waals surface area contributed by atoms with Gasteiger partial charge >= 0.3 is 0 Å². The third kappa shape index (κ3) is 3.66. The number of carbonyl (C=O) groups excluding carboxylic acids is 5. The zero-order valence-electron chi connectivity index (χ0n) is 22.6. The molecule has 1 aliphatic heterocycles. The van der Waals surface area contributed by atoms with E-state index in [-0.39, 0.29) is 29.5 Å². The molecule has 214 valence electrons. The van der Waals surface area contributed by atoms with E-state index in [9.17, 15) is 34.2 Å². The van der Waals surface area contributed by atoms with Gasteiger partial charge in [-0.25, -0.2) is 4.39 Å². The fraction of sp³-hybridized carbons (Fsp3) is 0.621. The normalized spacial score (nSPS) is 37.4. The van der Waals surface area contributed by atoms with Gasteiger partial charge in [0.1, 0.15) is 11.6 Å². The lowest BCUT2D eigenvalue weighted by atomic mass is 9.52. The Kier molecular flexibility index (Phi) is 6.28. The fourth-order valence-electron chi connectivity index (χ4n) is 8.52. The number of Topliss-reactive ketones (excluding diaryl/α,β-unsaturated/α-hetero) is 4. The molecule has 40 heavy (non-hydrogen) atoms. The molecule has 10 nitrogen and oxygen atoms in total. The Morgan fingerprint density at radius 2 is 1.77 bits per heavy atom. The number of phenols is 1. The van der Waals surface area contributed by atoms with Crippen LogP contribution in [0.3, 0.4) is 0 Å². The molecule has 4 unspecified atom stereocenters. The molecule has 1 aromatic rings. The number of ketones is 4. The molecule has 11 heteroatoms. The van der Waals surface area contributed by atoms with Crippen molar-refractivity contribution in [2.45, 2.75) is 50.3 Å². The predicted molar refractivity (Wildman–Crippen MR) is 137 cm³/mol. The molecule has 5 aliphatic rings. The number of primary amides is 1. The van der Waals surface area contributed by atoms with Crippen molar-refractivity contribution in [1.29, 1.82) is 0 Å². The number of phenolic OH excluding ortho intramolecular Hbond substituents is 1. The average molecular weight is 556 g/mol. The van der Waals surface area contributed by atoms with Crippen LogP contribution in [0, 0.1) is 41.3 Å². The van der Waals surface area contributed by atoms with Crippen LogP contribution in [-0.4, -0.2) is 87.9 Å². The van der Waals surface area contributed by atoms with Crippen LogP contribution in [-0.2, 0) is 32.1 Å². The highest BCUT2D eigenvalue weighted by molar-refractivity contribution is 6.32. The van der Waals surface area contributed by atoms with Crippen molar-refractivity contribution in [2.24, 2.45) is 41.2 Å². The number of hydrogen-bond donors (Lipinski definition) is 3. The van der Waals surface area contributed by atoms with Crippen LogP contribution in [0.2, 0.25) is 0 Å². The van der Waals surface area contributed by atoms with Crippen molar-refractivity contribution in [2.75, 3.05) is 27.2 Å². The third-order valence-corrected chi connectivity index (χ3v) is 10.3. The predicted octanol–water partition coefficient (Wildman–Crippen LogP) is 0.238. The van der Waals surface area contributed by atoms with Gasteiger partial charge in [-0.2, -0.15) is 0 Å². The standard InChI is InChI=1S/C29H34FN3O7/c1-32(2)23-17-7-14-6-16-20(18(34)8-15(22(16)30)11-33-9-12-4-3-5-13(12)10-33)24(35)19(14)26(37)29(17,40)27(38)21(25(23)36)28(31)39/h8,12-14,17,19,21,23,34,40H,3-7,9-11H2,1-2H3,(H2,31,39)/t12?,13?,14-,17-,19?,21?,23-,29-/m0/s1. The Labute approximate surface area is 230 Å². The number of halogens is 1. The number of carbonyl (C=O) groups is 5. The van der Waals surface area contributed by atoms with Gasteiger partial charge in [-0.1, -0.05) is 6.42 Å². The minimum Gasteiger partial charge on any atom is -0.507 e. The first-order chi connectivity index (χ1) is 18.9. The molecule has 1 aromatic carbocycles. The monoisotopic (exact) mass is 555 g/mol. The van der Waals surface area contributed by atoms with Crippen LogP contribution in [0.15, 0.2) is 6.07 Å². The van der Waals surface area contributed by atoms with Crippen molar-refractivity contribution >= 4 is 29.0 Å². The quantitative estimate of drug-likeness (QED) is 0.443. The van der Waals surface area contributed by atoms with E-state index < -0.39 is 75.9 Å². The first-order valence-corrected chi connectivity index (χ1v) is 14.0. The van der Waals surface area contributed by atoms with E-state index in [1.807, 2.05) is 0 Å². The van der Waals surface area contributed by atoms with Gasteiger partial charge in [0, 0.05) is 36.7 Å². The number of likely N-dealkylation sites (N-methyl/N-ethyl adjacent to an activating group) is 1. The number of nitrogens with zero attached hydrogens (tertiary/aromatic N) is 2. The summed E-state index contributed by atoms with van der Waals surface area (Å²) in [6, 6.07) is 0.0433. The third-order valence-electron chi connectivity index (χ3n) is 10.3. The number of amides is 1. The van der Waals surface area contributed by atoms with Gasteiger partial charge in [-0.05, 0) is 63.6 Å². The van der Waals surface area contributed by atoms with Crippen molar-refractivity contribution in [3.63, 3.8) is 0 Å². The molecule has 6 rings (SSSR count). The second-order valence-electron chi connectivity index (χ2n) is 12.7. The topological polar surface area (TPSA) is 158 Å². The molecule has 0 spiro atoms. The van der Waals surface area contributed by atoms with E-state index in [0.29, 0.717) is 18.4 Å². The van der Waals surface area contributed by atoms with Crippen LogP contribution in [0.4, 0.5) is 4.39 Å². The number of aliphatic hydroxyl groups is 1. The van der Waals surface area contributed by atoms with E-state index >= 15 is 4.39 Å². The molecule has 4 fully saturated rings. The molecule has 4 N–H and O–H groups in total. The molecule has 1 heterocycles. The molecule has 1 amide bonds. The van der Waals surface area contributed by atoms with Crippen LogP contribution in [0.25, 0.3) is 0 Å². The summed E-state index contributed by atoms with van der Waals surface area (Å²) in [7, 11) is 3.04. The van der Waals surface area contributed by atoms with Gasteiger partial charge in [0.15, 0.2) is 34.7 Å². The molecule has 4 aliphatic carbocycles. The van der Waals surface area contributed by atoms with Crippen LogP contribution in [0.1, 0.15) is 47.2 Å². The zero-order chi connectivity index (χ0) is 28.8. The molecule has 1 saturated heterocycles. The number of fused-ring (bicyclic) bond motifs is 4. The summed E-state index contributed by atoms with van der Waals surface area (Å²) < 4.78 is 16.0. The lowest BCUT2D eigenvalue weighted by Crippen LogP contribution is -2.74. The lowest BCUT2D eigenvalue weighted by molar-refractivity contribution is -0.181. The summed E-state index contributed by atoms with van der Waals surface area (Å²) in [5.41, 5.74) is 2.52. The molecule has 0 bridgehead atoms. The summed E-state index contributed by atoms with van der Waals surface area (Å²) in [6.07, 6.45) is 3.36. The SMILES string of the molecule is CN(C)[C@@H]1C(=O)C(C(N)=O)C(=O)[C@@]2(O)C(=O)C3C(=O)c4c(O)cc(CN5CC6CCCC6C5)c(F)c4C[C@H]3C[C@@H]12. The second kappa shape index (κ2) is 9.25. The number of nitrogens with two attached hydrogens (primary N) is 1. The Morgan fingerprint density at radius 3 is 2.38 bits per heavy atom. The van der Waals surface area contributed by atoms with Gasteiger partial charge in [0.25, 0.3) is 0 Å². The van der Waals surface area contributed by atoms with Crippen molar-refractivity contribution < 1.29 is 38.6 Å². The summed E-state index contributed by atoms with van der Waals surface area (Å²) in [5, 5.41) is 22.5. The maximum Gasteiger partial charge on any atom is 0.235 e. The molecule has 8 atom stereocenters. The Bertz CT molecular complexity index is 1350. The van der Waals surface area contributed by atoms with Crippen molar-refractivity contribution in [3.05, 3.63) is 28.6 Å². The Balaban J connectivity index is 1.37. The largest absolute Gasteiger partial charge is 0.507 e. The van der Waals surface area contributed by atoms with E-state index in [0.717, 1.165) is 25.9 Å². The molecule has 0 radical (unpaired) electrons. The smallest absolute Gasteiger partial charge is 0.235 e. The highest BCUT2D eigenvalue weighted by atomic mass is 19.1. The van der Waals surface area contributed by atoms with Gasteiger partial charge in [0.05, 0.1) is 17.5 Å². The maximum absolute atomic E-state index is 16.0. The number of rotatable bonds is 4. The van der Waals surface area contributed by atoms with Crippen LogP contribution < -0.4 is 5.73 Å². The highest BCUT2D eigenvalue weighted by Gasteiger charge is 2.69. The minimum atomic E-state index is -2.79. The van der Waals surface area contributed by atoms with Crippen molar-refractivity contribution in [1.82, 2.24) is 9.80 Å². The number of likely N-dealkylation sites (tertiary alicyclic amines) is 1. The Hall–Kier alpha value is -3.02. The summed E-state index contributed by atoms with van der Waals surface area (Å²) in [4.78, 5) is 69.7. The van der Waals surface area contributed by atoms with Gasteiger partial charge in [-0.15, -0.1) is 0 Å². The van der Waals surface area contributed by atoms with E-state index in [1.165, 1.54) is 31.5 Å². The average Bonchev–Trinajstić information content (AvgIpc) is 3.46. The van der Waals surface area contributed by atoms with Crippen molar-refractivity contribution in [3.8, 4) is 5.75 Å². The molecule has 3 saturated carbocycles. The maximum atomic E-state index is 16.0. The summed E-state index contributed by atoms with van der Waals surface area (Å²) >= 11 is 0. The van der Waals surface area contributed by atoms with Gasteiger partial charge in [-0.3, -0.25) is 33.8 Å². The Morgan fingerprint density at radius 1 is 1.12 bits per heavy atom. The number of hydrogen-bond acceptors (Lipinski definition) is 9. The lowest BCUT2D eigenvalue weighted by Gasteiger charge is -2.52.